The number of anilines is 1. The molecule has 0 radical (unpaired) electrons. The van der Waals surface area contributed by atoms with Gasteiger partial charge in [-0.1, -0.05) is 29.8 Å². The smallest absolute Gasteiger partial charge is 0.169 e. The Kier molecular flexibility index (Phi) is 2.23. The Morgan fingerprint density at radius 2 is 1.88 bits per heavy atom. The summed E-state index contributed by atoms with van der Waals surface area (Å²) >= 11 is 6.14. The molecule has 2 aromatic heterocycles. The second-order valence-electron chi connectivity index (χ2n) is 3.69. The number of aromatic nitrogens is 3. The van der Waals surface area contributed by atoms with Gasteiger partial charge in [0.15, 0.2) is 11.5 Å². The standard InChI is InChI=1S/C12H9ClN4/c13-10-5-2-6-11-15-16-12(17(10)11)8-3-1-4-9(14)7-8/h1-7H,14H2. The Balaban J connectivity index is 2.31. The molecule has 0 bridgehead atoms. The maximum absolute atomic E-state index is 6.14. The van der Waals surface area contributed by atoms with E-state index < -0.39 is 0 Å². The predicted molar refractivity (Wildman–Crippen MR) is 67.8 cm³/mol. The number of hydrogen-bond acceptors (Lipinski definition) is 3. The maximum atomic E-state index is 6.14. The number of benzene rings is 1. The third-order valence-electron chi connectivity index (χ3n) is 2.53. The van der Waals surface area contributed by atoms with Crippen molar-refractivity contribution in [2.45, 2.75) is 0 Å². The van der Waals surface area contributed by atoms with Crippen molar-refractivity contribution >= 4 is 22.9 Å². The zero-order chi connectivity index (χ0) is 11.8. The minimum Gasteiger partial charge on any atom is -0.399 e. The third-order valence-corrected chi connectivity index (χ3v) is 2.82. The van der Waals surface area contributed by atoms with Gasteiger partial charge >= 0.3 is 0 Å². The fourth-order valence-electron chi connectivity index (χ4n) is 1.77. The molecule has 2 N–H and O–H groups in total. The molecule has 4 nitrogen and oxygen atoms in total. The summed E-state index contributed by atoms with van der Waals surface area (Å²) in [5, 5.41) is 8.79. The van der Waals surface area contributed by atoms with Crippen LogP contribution in [-0.2, 0) is 0 Å². The lowest BCUT2D eigenvalue weighted by atomic mass is 10.2. The summed E-state index contributed by atoms with van der Waals surface area (Å²) in [4.78, 5) is 0. The second kappa shape index (κ2) is 3.75. The number of pyridine rings is 1. The van der Waals surface area contributed by atoms with E-state index in [1.165, 1.54) is 0 Å². The molecular formula is C12H9ClN4. The summed E-state index contributed by atoms with van der Waals surface area (Å²) < 4.78 is 1.79. The SMILES string of the molecule is Nc1cccc(-c2nnc3cccc(Cl)n23)c1. The average Bonchev–Trinajstić information content (AvgIpc) is 2.74. The van der Waals surface area contributed by atoms with E-state index in [4.69, 9.17) is 17.3 Å². The fourth-order valence-corrected chi connectivity index (χ4v) is 2.01. The van der Waals surface area contributed by atoms with Crippen LogP contribution < -0.4 is 5.73 Å². The number of fused-ring (bicyclic) bond motifs is 1. The van der Waals surface area contributed by atoms with E-state index in [1.807, 2.05) is 36.4 Å². The number of hydrogen-bond donors (Lipinski definition) is 1. The van der Waals surface area contributed by atoms with Crippen LogP contribution in [0.3, 0.4) is 0 Å². The lowest BCUT2D eigenvalue weighted by molar-refractivity contribution is 1.11. The summed E-state index contributed by atoms with van der Waals surface area (Å²) in [5.74, 6) is 0.693. The van der Waals surface area contributed by atoms with Crippen LogP contribution >= 0.6 is 11.6 Å². The lowest BCUT2D eigenvalue weighted by Gasteiger charge is -2.02. The first-order valence-corrected chi connectivity index (χ1v) is 5.49. The van der Waals surface area contributed by atoms with Gasteiger partial charge < -0.3 is 5.73 Å². The van der Waals surface area contributed by atoms with Gasteiger partial charge in [0.05, 0.1) is 0 Å². The summed E-state index contributed by atoms with van der Waals surface area (Å²) in [6.07, 6.45) is 0. The summed E-state index contributed by atoms with van der Waals surface area (Å²) in [6.45, 7) is 0. The van der Waals surface area contributed by atoms with Crippen LogP contribution in [0.4, 0.5) is 5.69 Å². The van der Waals surface area contributed by atoms with Crippen molar-refractivity contribution < 1.29 is 0 Å². The van der Waals surface area contributed by atoms with Gasteiger partial charge in [-0.25, -0.2) is 0 Å². The van der Waals surface area contributed by atoms with Crippen molar-refractivity contribution in [1.82, 2.24) is 14.6 Å². The van der Waals surface area contributed by atoms with Crippen LogP contribution in [-0.4, -0.2) is 14.6 Å². The van der Waals surface area contributed by atoms with Gasteiger partial charge in [0.25, 0.3) is 0 Å². The minimum absolute atomic E-state index is 0.574. The van der Waals surface area contributed by atoms with Crippen LogP contribution in [0.15, 0.2) is 42.5 Å². The highest BCUT2D eigenvalue weighted by molar-refractivity contribution is 6.29. The highest BCUT2D eigenvalue weighted by atomic mass is 35.5. The molecule has 0 atom stereocenters. The molecule has 0 saturated carbocycles. The predicted octanol–water partition coefficient (Wildman–Crippen LogP) is 2.63. The van der Waals surface area contributed by atoms with E-state index in [1.54, 1.807) is 10.5 Å². The Labute approximate surface area is 103 Å². The van der Waals surface area contributed by atoms with E-state index in [0.29, 0.717) is 16.7 Å². The molecule has 3 aromatic rings. The normalized spacial score (nSPS) is 10.9. The number of nitrogens with zero attached hydrogens (tertiary/aromatic N) is 3. The number of nitrogen functional groups attached to an aromatic ring is 1. The first kappa shape index (κ1) is 10.1. The number of halogens is 1. The largest absolute Gasteiger partial charge is 0.399 e. The molecule has 2 heterocycles. The van der Waals surface area contributed by atoms with Gasteiger partial charge in [-0.2, -0.15) is 0 Å². The molecular weight excluding hydrogens is 236 g/mol. The van der Waals surface area contributed by atoms with Crippen molar-refractivity contribution in [3.05, 3.63) is 47.6 Å². The molecule has 0 saturated heterocycles. The van der Waals surface area contributed by atoms with Gasteiger partial charge in [0, 0.05) is 11.3 Å². The maximum Gasteiger partial charge on any atom is 0.169 e. The molecule has 0 fully saturated rings. The fraction of sp³-hybridized carbons (Fsp3) is 0. The highest BCUT2D eigenvalue weighted by Crippen LogP contribution is 2.23. The van der Waals surface area contributed by atoms with Gasteiger partial charge in [-0.3, -0.25) is 4.40 Å². The molecule has 5 heteroatoms. The molecule has 0 amide bonds. The van der Waals surface area contributed by atoms with Gasteiger partial charge in [0.1, 0.15) is 5.15 Å². The van der Waals surface area contributed by atoms with Crippen molar-refractivity contribution in [2.75, 3.05) is 5.73 Å². The molecule has 17 heavy (non-hydrogen) atoms. The van der Waals surface area contributed by atoms with E-state index >= 15 is 0 Å². The molecule has 3 rings (SSSR count). The van der Waals surface area contributed by atoms with Gasteiger partial charge in [-0.05, 0) is 24.3 Å². The molecule has 0 unspecified atom stereocenters. The summed E-state index contributed by atoms with van der Waals surface area (Å²) in [7, 11) is 0. The first-order chi connectivity index (χ1) is 8.25. The number of rotatable bonds is 1. The van der Waals surface area contributed by atoms with Gasteiger partial charge in [-0.15, -0.1) is 10.2 Å². The molecule has 84 valence electrons. The molecule has 0 aliphatic rings. The van der Waals surface area contributed by atoms with Crippen LogP contribution in [0.5, 0.6) is 0 Å². The topological polar surface area (TPSA) is 56.2 Å². The van der Waals surface area contributed by atoms with Gasteiger partial charge in [0.2, 0.25) is 0 Å². The van der Waals surface area contributed by atoms with E-state index in [0.717, 1.165) is 11.2 Å². The molecule has 1 aromatic carbocycles. The Hall–Kier alpha value is -2.07. The van der Waals surface area contributed by atoms with E-state index in [9.17, 15) is 0 Å². The van der Waals surface area contributed by atoms with E-state index in [-0.39, 0.29) is 0 Å². The summed E-state index contributed by atoms with van der Waals surface area (Å²) in [6, 6.07) is 13.0. The Morgan fingerprint density at radius 1 is 1.06 bits per heavy atom. The monoisotopic (exact) mass is 244 g/mol. The number of nitrogens with two attached hydrogens (primary N) is 1. The van der Waals surface area contributed by atoms with Crippen molar-refractivity contribution in [3.63, 3.8) is 0 Å². The third kappa shape index (κ3) is 1.62. The zero-order valence-electron chi connectivity index (χ0n) is 8.84. The minimum atomic E-state index is 0.574. The van der Waals surface area contributed by atoms with Crippen LogP contribution in [0.25, 0.3) is 17.0 Å². The zero-order valence-corrected chi connectivity index (χ0v) is 9.59. The molecule has 0 aliphatic carbocycles. The summed E-state index contributed by atoms with van der Waals surface area (Å²) in [5.41, 5.74) is 8.05. The highest BCUT2D eigenvalue weighted by Gasteiger charge is 2.10. The van der Waals surface area contributed by atoms with Crippen LogP contribution in [0.1, 0.15) is 0 Å². The lowest BCUT2D eigenvalue weighted by Crippen LogP contribution is -1.92. The van der Waals surface area contributed by atoms with Crippen molar-refractivity contribution in [1.29, 1.82) is 0 Å². The first-order valence-electron chi connectivity index (χ1n) is 5.11. The Bertz CT molecular complexity index is 690. The van der Waals surface area contributed by atoms with Crippen molar-refractivity contribution in [2.24, 2.45) is 0 Å². The van der Waals surface area contributed by atoms with Crippen molar-refractivity contribution in [3.8, 4) is 11.4 Å². The molecule has 0 spiro atoms. The second-order valence-corrected chi connectivity index (χ2v) is 4.08. The quantitative estimate of drug-likeness (QED) is 0.529. The van der Waals surface area contributed by atoms with Crippen LogP contribution in [0, 0.1) is 0 Å². The van der Waals surface area contributed by atoms with Crippen LogP contribution in [0.2, 0.25) is 5.15 Å². The van der Waals surface area contributed by atoms with E-state index in [2.05, 4.69) is 10.2 Å². The molecule has 0 aliphatic heterocycles. The average molecular weight is 245 g/mol. The Morgan fingerprint density at radius 3 is 2.71 bits per heavy atom.